The van der Waals surface area contributed by atoms with Gasteiger partial charge >= 0.3 is 5.97 Å². The molecule has 0 aliphatic carbocycles. The van der Waals surface area contributed by atoms with E-state index in [4.69, 9.17) is 9.26 Å². The molecule has 0 aromatic heterocycles. The molecule has 22 heavy (non-hydrogen) atoms. The van der Waals surface area contributed by atoms with Crippen molar-refractivity contribution >= 4 is 31.4 Å². The molecule has 0 fully saturated rings. The topological polar surface area (TPSA) is 55.8 Å². The van der Waals surface area contributed by atoms with Crippen LogP contribution in [-0.2, 0) is 17.7 Å². The molecule has 2 aromatic rings. The van der Waals surface area contributed by atoms with Gasteiger partial charge < -0.3 is 14.4 Å². The molecule has 0 saturated carbocycles. The lowest BCUT2D eigenvalue weighted by molar-refractivity contribution is 0.0759. The summed E-state index contributed by atoms with van der Waals surface area (Å²) in [4.78, 5) is 12.0. The van der Waals surface area contributed by atoms with E-state index in [1.54, 1.807) is 13.0 Å². The van der Waals surface area contributed by atoms with E-state index in [-0.39, 0.29) is 6.61 Å². The van der Waals surface area contributed by atoms with Crippen LogP contribution >= 0.6 is 25.4 Å². The van der Waals surface area contributed by atoms with Gasteiger partial charge in [0.15, 0.2) is 0 Å². The standard InChI is InChI=1S/C16H16BrO4P/c1-10-14(16(19)21-22)13(7-12(8-18)15(10)17)20-9-11-5-3-2-4-6-11/h2-7,18H,8-9,22H2,1H3. The molecule has 2 aromatic carbocycles. The van der Waals surface area contributed by atoms with Crippen molar-refractivity contribution in [2.45, 2.75) is 20.1 Å². The Morgan fingerprint density at radius 3 is 2.59 bits per heavy atom. The third-order valence-electron chi connectivity index (χ3n) is 3.26. The predicted molar refractivity (Wildman–Crippen MR) is 90.7 cm³/mol. The summed E-state index contributed by atoms with van der Waals surface area (Å²) in [6, 6.07) is 11.3. The number of hydrogen-bond donors (Lipinski definition) is 1. The van der Waals surface area contributed by atoms with Crippen molar-refractivity contribution in [2.75, 3.05) is 0 Å². The first kappa shape index (κ1) is 16.9. The highest BCUT2D eigenvalue weighted by atomic mass is 79.9. The van der Waals surface area contributed by atoms with E-state index in [0.29, 0.717) is 33.5 Å². The highest BCUT2D eigenvalue weighted by Gasteiger charge is 2.21. The van der Waals surface area contributed by atoms with Crippen LogP contribution in [0.5, 0.6) is 5.75 Å². The van der Waals surface area contributed by atoms with Gasteiger partial charge in [-0.1, -0.05) is 46.3 Å². The molecule has 0 amide bonds. The minimum Gasteiger partial charge on any atom is -0.488 e. The van der Waals surface area contributed by atoms with Gasteiger partial charge in [0.25, 0.3) is 0 Å². The lowest BCUT2D eigenvalue weighted by atomic mass is 10.0. The molecule has 1 N–H and O–H groups in total. The van der Waals surface area contributed by atoms with Crippen LogP contribution in [0.25, 0.3) is 0 Å². The molecule has 0 saturated heterocycles. The maximum absolute atomic E-state index is 12.0. The average molecular weight is 383 g/mol. The van der Waals surface area contributed by atoms with E-state index < -0.39 is 5.97 Å². The maximum Gasteiger partial charge on any atom is 0.344 e. The first-order valence-corrected chi connectivity index (χ1v) is 7.85. The average Bonchev–Trinajstić information content (AvgIpc) is 2.56. The summed E-state index contributed by atoms with van der Waals surface area (Å²) in [5.74, 6) is -0.114. The second kappa shape index (κ2) is 7.73. The van der Waals surface area contributed by atoms with Crippen LogP contribution in [0.3, 0.4) is 0 Å². The maximum atomic E-state index is 12.0. The number of carbonyl (C=O) groups is 1. The van der Waals surface area contributed by atoms with Crippen LogP contribution in [0.1, 0.15) is 27.0 Å². The van der Waals surface area contributed by atoms with Crippen molar-refractivity contribution in [2.24, 2.45) is 0 Å². The largest absolute Gasteiger partial charge is 0.488 e. The number of benzene rings is 2. The van der Waals surface area contributed by atoms with Gasteiger partial charge in [-0.15, -0.1) is 0 Å². The highest BCUT2D eigenvalue weighted by Crippen LogP contribution is 2.33. The number of carbonyl (C=O) groups excluding carboxylic acids is 1. The third-order valence-corrected chi connectivity index (χ3v) is 4.57. The lowest BCUT2D eigenvalue weighted by Gasteiger charge is -2.16. The van der Waals surface area contributed by atoms with Gasteiger partial charge in [-0.05, 0) is 29.7 Å². The first-order valence-electron chi connectivity index (χ1n) is 6.59. The quantitative estimate of drug-likeness (QED) is 0.799. The summed E-state index contributed by atoms with van der Waals surface area (Å²) in [5, 5.41) is 9.43. The molecule has 2 rings (SSSR count). The summed E-state index contributed by atoms with van der Waals surface area (Å²) in [6.45, 7) is 1.94. The van der Waals surface area contributed by atoms with Gasteiger partial charge in [0.05, 0.1) is 16.1 Å². The van der Waals surface area contributed by atoms with Crippen molar-refractivity contribution in [3.63, 3.8) is 0 Å². The molecule has 0 aliphatic heterocycles. The van der Waals surface area contributed by atoms with Crippen LogP contribution in [0, 0.1) is 6.92 Å². The molecule has 6 heteroatoms. The number of hydrogen-bond acceptors (Lipinski definition) is 4. The van der Waals surface area contributed by atoms with Crippen LogP contribution in [0.2, 0.25) is 0 Å². The summed E-state index contributed by atoms with van der Waals surface area (Å²) in [6.07, 6.45) is 0. The SMILES string of the molecule is Cc1c(Br)c(CO)cc(OCc2ccccc2)c1C(=O)OP. The molecule has 4 nitrogen and oxygen atoms in total. The smallest absolute Gasteiger partial charge is 0.344 e. The number of rotatable bonds is 5. The molecule has 0 aliphatic rings. The fourth-order valence-electron chi connectivity index (χ4n) is 2.11. The van der Waals surface area contributed by atoms with E-state index in [2.05, 4.69) is 15.9 Å². The normalized spacial score (nSPS) is 10.4. The summed E-state index contributed by atoms with van der Waals surface area (Å²) in [7, 11) is 1.94. The van der Waals surface area contributed by atoms with E-state index in [1.807, 2.05) is 39.8 Å². The Labute approximate surface area is 139 Å². The Morgan fingerprint density at radius 2 is 2.00 bits per heavy atom. The van der Waals surface area contributed by atoms with Crippen molar-refractivity contribution < 1.29 is 19.2 Å². The third kappa shape index (κ3) is 3.67. The first-order chi connectivity index (χ1) is 10.6. The number of aliphatic hydroxyl groups is 1. The van der Waals surface area contributed by atoms with Crippen molar-refractivity contribution in [3.05, 3.63) is 63.1 Å². The van der Waals surface area contributed by atoms with Gasteiger partial charge in [0, 0.05) is 4.47 Å². The molecule has 0 spiro atoms. The Bertz CT molecular complexity index is 674. The van der Waals surface area contributed by atoms with Gasteiger partial charge in [-0.25, -0.2) is 4.79 Å². The highest BCUT2D eigenvalue weighted by molar-refractivity contribution is 9.10. The van der Waals surface area contributed by atoms with Gasteiger partial charge in [-0.2, -0.15) is 0 Å². The molecule has 0 radical (unpaired) electrons. The van der Waals surface area contributed by atoms with Gasteiger partial charge in [-0.3, -0.25) is 0 Å². The van der Waals surface area contributed by atoms with E-state index >= 15 is 0 Å². The second-order valence-electron chi connectivity index (χ2n) is 4.69. The fourth-order valence-corrected chi connectivity index (χ4v) is 2.66. The van der Waals surface area contributed by atoms with E-state index in [0.717, 1.165) is 5.56 Å². The van der Waals surface area contributed by atoms with Gasteiger partial charge in [0.1, 0.15) is 17.9 Å². The molecule has 0 bridgehead atoms. The molecule has 0 heterocycles. The van der Waals surface area contributed by atoms with Crippen LogP contribution in [-0.4, -0.2) is 11.1 Å². The monoisotopic (exact) mass is 382 g/mol. The minimum atomic E-state index is -0.504. The van der Waals surface area contributed by atoms with Crippen molar-refractivity contribution in [3.8, 4) is 5.75 Å². The van der Waals surface area contributed by atoms with Crippen LogP contribution in [0.4, 0.5) is 0 Å². The van der Waals surface area contributed by atoms with Gasteiger partial charge in [0.2, 0.25) is 0 Å². The minimum absolute atomic E-state index is 0.153. The molecule has 116 valence electrons. The predicted octanol–water partition coefficient (Wildman–Crippen LogP) is 3.78. The second-order valence-corrected chi connectivity index (χ2v) is 5.71. The summed E-state index contributed by atoms with van der Waals surface area (Å²) >= 11 is 3.39. The fraction of sp³-hybridized carbons (Fsp3) is 0.188. The van der Waals surface area contributed by atoms with E-state index in [1.165, 1.54) is 0 Å². The molecular weight excluding hydrogens is 367 g/mol. The van der Waals surface area contributed by atoms with Crippen molar-refractivity contribution in [1.82, 2.24) is 0 Å². The summed E-state index contributed by atoms with van der Waals surface area (Å²) in [5.41, 5.74) is 2.65. The number of halogens is 1. The Hall–Kier alpha value is -1.42. The number of aliphatic hydroxyl groups excluding tert-OH is 1. The molecular formula is C16H16BrO4P. The zero-order chi connectivity index (χ0) is 16.1. The number of ether oxygens (including phenoxy) is 1. The summed E-state index contributed by atoms with van der Waals surface area (Å²) < 4.78 is 11.2. The van der Waals surface area contributed by atoms with Crippen LogP contribution < -0.4 is 4.74 Å². The Balaban J connectivity index is 2.39. The molecule has 1 unspecified atom stereocenters. The zero-order valence-electron chi connectivity index (χ0n) is 12.0. The lowest BCUT2D eigenvalue weighted by Crippen LogP contribution is -2.08. The van der Waals surface area contributed by atoms with Crippen molar-refractivity contribution in [1.29, 1.82) is 0 Å². The zero-order valence-corrected chi connectivity index (χ0v) is 14.7. The Kier molecular flexibility index (Phi) is 5.95. The molecule has 1 atom stereocenters. The van der Waals surface area contributed by atoms with Crippen LogP contribution in [0.15, 0.2) is 40.9 Å². The van der Waals surface area contributed by atoms with E-state index in [9.17, 15) is 9.90 Å². The Morgan fingerprint density at radius 1 is 1.32 bits per heavy atom.